The molecule has 0 aliphatic heterocycles. The van der Waals surface area contributed by atoms with E-state index in [0.29, 0.717) is 0 Å². The smallest absolute Gasteiger partial charge is 0.246 e. The summed E-state index contributed by atoms with van der Waals surface area (Å²) in [6.07, 6.45) is 6.30. The van der Waals surface area contributed by atoms with Crippen molar-refractivity contribution < 1.29 is 14.3 Å². The van der Waals surface area contributed by atoms with E-state index in [1.54, 1.807) is 13.2 Å². The number of ether oxygens (including phenoxy) is 1. The Balaban J connectivity index is 2.47. The van der Waals surface area contributed by atoms with Crippen molar-refractivity contribution in [3.8, 4) is 5.75 Å². The Morgan fingerprint density at radius 1 is 1.03 bits per heavy atom. The van der Waals surface area contributed by atoms with Crippen molar-refractivity contribution in [2.45, 2.75) is 59.5 Å². The van der Waals surface area contributed by atoms with E-state index in [0.717, 1.165) is 54.8 Å². The highest BCUT2D eigenvalue weighted by atomic mass is 31.1. The summed E-state index contributed by atoms with van der Waals surface area (Å²) in [4.78, 5) is 29.9. The van der Waals surface area contributed by atoms with Gasteiger partial charge in [-0.1, -0.05) is 33.3 Å². The molecule has 1 unspecified atom stereocenters. The molecule has 2 aromatic rings. The lowest BCUT2D eigenvalue weighted by Crippen LogP contribution is -2.41. The number of amides is 1. The van der Waals surface area contributed by atoms with Crippen LogP contribution in [0, 0.1) is 0 Å². The van der Waals surface area contributed by atoms with E-state index in [1.165, 1.54) is 6.92 Å². The highest BCUT2D eigenvalue weighted by molar-refractivity contribution is 7.40. The SMILES string of the molecule is CC/C=C(\C=C/C(C)=O)C(=PC)N(C)C(C(=O)Nc1ccc(N(CC)C(C)(C)C)cc1)c1ccc(OC)cc1. The van der Waals surface area contributed by atoms with Gasteiger partial charge in [0, 0.05) is 28.9 Å². The van der Waals surface area contributed by atoms with Gasteiger partial charge in [-0.3, -0.25) is 14.5 Å². The molecule has 7 heteroatoms. The number of anilines is 2. The predicted molar refractivity (Wildman–Crippen MR) is 167 cm³/mol. The highest BCUT2D eigenvalue weighted by Gasteiger charge is 2.29. The number of hydrogen-bond acceptors (Lipinski definition) is 4. The molecule has 0 fully saturated rings. The summed E-state index contributed by atoms with van der Waals surface area (Å²) < 4.78 is 5.35. The molecule has 2 rings (SSSR count). The molecule has 0 spiro atoms. The minimum absolute atomic E-state index is 0.00610. The van der Waals surface area contributed by atoms with Gasteiger partial charge >= 0.3 is 0 Å². The number of methoxy groups -OCH3 is 1. The summed E-state index contributed by atoms with van der Waals surface area (Å²) in [6.45, 7) is 15.2. The molecule has 0 saturated carbocycles. The highest BCUT2D eigenvalue weighted by Crippen LogP contribution is 2.29. The van der Waals surface area contributed by atoms with Gasteiger partial charge in [0.2, 0.25) is 5.91 Å². The van der Waals surface area contributed by atoms with Crippen LogP contribution in [0.1, 0.15) is 59.6 Å². The molecular formula is C32H44N3O3P. The summed E-state index contributed by atoms with van der Waals surface area (Å²) in [6, 6.07) is 15.0. The Morgan fingerprint density at radius 3 is 2.10 bits per heavy atom. The maximum Gasteiger partial charge on any atom is 0.246 e. The number of benzene rings is 2. The van der Waals surface area contributed by atoms with Gasteiger partial charge in [-0.15, -0.1) is 0 Å². The van der Waals surface area contributed by atoms with Gasteiger partial charge in [-0.25, -0.2) is 0 Å². The number of likely N-dealkylation sites (N-methyl/N-ethyl adjacent to an activating group) is 1. The molecule has 39 heavy (non-hydrogen) atoms. The Bertz CT molecular complexity index is 1190. The summed E-state index contributed by atoms with van der Waals surface area (Å²) in [7, 11) is 4.53. The van der Waals surface area contributed by atoms with Crippen LogP contribution < -0.4 is 15.0 Å². The van der Waals surface area contributed by atoms with E-state index in [-0.39, 0.29) is 17.2 Å². The largest absolute Gasteiger partial charge is 0.497 e. The van der Waals surface area contributed by atoms with Crippen LogP contribution in [0.15, 0.2) is 72.3 Å². The van der Waals surface area contributed by atoms with E-state index in [9.17, 15) is 9.59 Å². The summed E-state index contributed by atoms with van der Waals surface area (Å²) >= 11 is 0. The molecule has 0 bridgehead atoms. The lowest BCUT2D eigenvalue weighted by molar-refractivity contribution is -0.120. The molecule has 0 aliphatic rings. The van der Waals surface area contributed by atoms with Crippen LogP contribution in [0.5, 0.6) is 5.75 Å². The zero-order chi connectivity index (χ0) is 29.2. The molecule has 1 atom stereocenters. The number of ketones is 1. The Kier molecular flexibility index (Phi) is 12.2. The molecule has 1 N–H and O–H groups in total. The van der Waals surface area contributed by atoms with Crippen LogP contribution >= 0.6 is 8.20 Å². The summed E-state index contributed by atoms with van der Waals surface area (Å²) in [5.74, 6) is 0.558. The van der Waals surface area contributed by atoms with Crippen molar-refractivity contribution >= 4 is 36.7 Å². The van der Waals surface area contributed by atoms with Gasteiger partial charge in [0.15, 0.2) is 5.78 Å². The van der Waals surface area contributed by atoms with Crippen LogP contribution in [0.4, 0.5) is 11.4 Å². The first-order chi connectivity index (χ1) is 18.5. The van der Waals surface area contributed by atoms with Gasteiger partial charge in [0.05, 0.1) is 7.11 Å². The number of nitrogens with zero attached hydrogens (tertiary/aromatic N) is 2. The first-order valence-electron chi connectivity index (χ1n) is 13.4. The number of allylic oxidation sites excluding steroid dienone is 2. The maximum atomic E-state index is 13.9. The van der Waals surface area contributed by atoms with Gasteiger partial charge in [0.1, 0.15) is 11.8 Å². The standard InChI is InChI=1S/C32H44N3O3P/c1-10-12-25(14-13-23(3)36)31(39-9)34(7)29(24-15-21-28(38-8)22-16-24)30(37)33-26-17-19-27(20-18-26)35(11-2)32(4,5)6/h12-22,29H,10-11H2,1-9H3,(H,33,37)/b14-13-,25-12+. The average Bonchev–Trinajstić information content (AvgIpc) is 2.88. The van der Waals surface area contributed by atoms with E-state index in [1.807, 2.05) is 73.2 Å². The fourth-order valence-electron chi connectivity index (χ4n) is 4.59. The molecule has 0 aromatic heterocycles. The third-order valence-electron chi connectivity index (χ3n) is 6.37. The molecule has 210 valence electrons. The fourth-order valence-corrected chi connectivity index (χ4v) is 5.45. The van der Waals surface area contributed by atoms with Crippen molar-refractivity contribution in [2.24, 2.45) is 0 Å². The van der Waals surface area contributed by atoms with Crippen molar-refractivity contribution in [3.05, 3.63) is 77.9 Å². The number of carbonyl (C=O) groups is 2. The molecule has 0 saturated heterocycles. The molecule has 1 amide bonds. The first kappa shape index (κ1) is 32.0. The van der Waals surface area contributed by atoms with Gasteiger partial charge < -0.3 is 15.0 Å². The third-order valence-corrected chi connectivity index (χ3v) is 7.36. The maximum absolute atomic E-state index is 13.9. The first-order valence-corrected chi connectivity index (χ1v) is 14.7. The van der Waals surface area contributed by atoms with Crippen LogP contribution in [0.3, 0.4) is 0 Å². The number of nitrogens with one attached hydrogen (secondary N) is 1. The quantitative estimate of drug-likeness (QED) is 0.174. The topological polar surface area (TPSA) is 61.9 Å². The lowest BCUT2D eigenvalue weighted by atomic mass is 10.0. The Morgan fingerprint density at radius 2 is 1.64 bits per heavy atom. The van der Waals surface area contributed by atoms with Crippen molar-refractivity contribution in [3.63, 3.8) is 0 Å². The van der Waals surface area contributed by atoms with Crippen LogP contribution in [-0.2, 0) is 9.59 Å². The predicted octanol–water partition coefficient (Wildman–Crippen LogP) is 7.12. The zero-order valence-electron chi connectivity index (χ0n) is 24.9. The molecule has 2 aromatic carbocycles. The molecule has 0 heterocycles. The zero-order valence-corrected chi connectivity index (χ0v) is 25.8. The van der Waals surface area contributed by atoms with E-state index in [4.69, 9.17) is 4.74 Å². The second-order valence-electron chi connectivity index (χ2n) is 10.3. The van der Waals surface area contributed by atoms with Crippen molar-refractivity contribution in [2.75, 3.05) is 37.6 Å². The second-order valence-corrected chi connectivity index (χ2v) is 11.2. The van der Waals surface area contributed by atoms with E-state index >= 15 is 0 Å². The average molecular weight is 550 g/mol. The van der Waals surface area contributed by atoms with Crippen LogP contribution in [0.25, 0.3) is 0 Å². The van der Waals surface area contributed by atoms with E-state index < -0.39 is 6.04 Å². The van der Waals surface area contributed by atoms with Crippen molar-refractivity contribution in [1.29, 1.82) is 0 Å². The minimum Gasteiger partial charge on any atom is -0.497 e. The molecule has 6 nitrogen and oxygen atoms in total. The van der Waals surface area contributed by atoms with Gasteiger partial charge in [-0.2, -0.15) is 0 Å². The number of hydrogen-bond donors (Lipinski definition) is 1. The Labute approximate surface area is 236 Å². The summed E-state index contributed by atoms with van der Waals surface area (Å²) in [5.41, 5.74) is 4.55. The number of rotatable bonds is 12. The normalized spacial score (nSPS) is 13.5. The third kappa shape index (κ3) is 8.91. The number of carbonyl (C=O) groups excluding carboxylic acids is 2. The van der Waals surface area contributed by atoms with Crippen LogP contribution in [0.2, 0.25) is 0 Å². The molecular weight excluding hydrogens is 505 g/mol. The molecule has 0 radical (unpaired) electrons. The lowest BCUT2D eigenvalue weighted by Gasteiger charge is -2.37. The van der Waals surface area contributed by atoms with Crippen molar-refractivity contribution in [1.82, 2.24) is 4.90 Å². The van der Waals surface area contributed by atoms with Gasteiger partial charge in [0.25, 0.3) is 0 Å². The van der Waals surface area contributed by atoms with Crippen LogP contribution in [-0.4, -0.2) is 54.9 Å². The van der Waals surface area contributed by atoms with Gasteiger partial charge in [-0.05, 0) is 114 Å². The summed E-state index contributed by atoms with van der Waals surface area (Å²) in [5, 5.41) is 3.13. The van der Waals surface area contributed by atoms with E-state index in [2.05, 4.69) is 50.9 Å². The molecule has 0 aliphatic carbocycles. The monoisotopic (exact) mass is 549 g/mol. The second kappa shape index (κ2) is 14.8. The minimum atomic E-state index is -0.606. The fraction of sp³-hybridized carbons (Fsp3) is 0.406. The Hall–Kier alpha value is -3.21.